The molecule has 0 atom stereocenters. The molecular weight excluding hydrogens is 392 g/mol. The zero-order valence-corrected chi connectivity index (χ0v) is 17.0. The molecule has 0 spiro atoms. The lowest BCUT2D eigenvalue weighted by Crippen LogP contribution is -1.98. The third-order valence-electron chi connectivity index (χ3n) is 4.26. The van der Waals surface area contributed by atoms with Crippen molar-refractivity contribution in [2.45, 2.75) is 22.6 Å². The van der Waals surface area contributed by atoms with Crippen molar-refractivity contribution >= 4 is 38.7 Å². The lowest BCUT2D eigenvalue weighted by Gasteiger charge is -2.09. The monoisotopic (exact) mass is 413 g/mol. The van der Waals surface area contributed by atoms with Crippen LogP contribution in [0.5, 0.6) is 5.75 Å². The second-order valence-electron chi connectivity index (χ2n) is 6.30. The molecule has 0 aromatic heterocycles. The van der Waals surface area contributed by atoms with Gasteiger partial charge in [-0.2, -0.15) is 0 Å². The van der Waals surface area contributed by atoms with Crippen LogP contribution in [-0.4, -0.2) is 25.3 Å². The second kappa shape index (κ2) is 9.28. The van der Waals surface area contributed by atoms with E-state index in [1.54, 1.807) is 23.9 Å². The molecule has 3 rings (SSSR count). The van der Waals surface area contributed by atoms with E-state index in [1.165, 1.54) is 12.1 Å². The molecule has 4 nitrogen and oxygen atoms in total. The fraction of sp³-hybridized carbons (Fsp3) is 0.182. The van der Waals surface area contributed by atoms with Crippen molar-refractivity contribution in [2.75, 3.05) is 12.4 Å². The van der Waals surface area contributed by atoms with Gasteiger partial charge in [0.05, 0.1) is 11.5 Å². The Morgan fingerprint density at radius 3 is 2.39 bits per heavy atom. The van der Waals surface area contributed by atoms with Crippen molar-refractivity contribution in [1.29, 1.82) is 0 Å². The van der Waals surface area contributed by atoms with Gasteiger partial charge in [0.2, 0.25) is 0 Å². The molecule has 0 aliphatic rings. The highest BCUT2D eigenvalue weighted by atomic mass is 32.2. The van der Waals surface area contributed by atoms with Gasteiger partial charge in [0.15, 0.2) is 0 Å². The molecule has 0 amide bonds. The fourth-order valence-corrected chi connectivity index (χ4v) is 4.13. The van der Waals surface area contributed by atoms with Crippen molar-refractivity contribution in [2.24, 2.45) is 0 Å². The van der Waals surface area contributed by atoms with E-state index in [1.807, 2.05) is 24.3 Å². The predicted octanol–water partition coefficient (Wildman–Crippen LogP) is 5.34. The molecule has 0 fully saturated rings. The van der Waals surface area contributed by atoms with Crippen molar-refractivity contribution in [3.63, 3.8) is 0 Å². The van der Waals surface area contributed by atoms with Crippen LogP contribution in [0.1, 0.15) is 18.4 Å². The minimum Gasteiger partial charge on any atom is -0.744 e. The minimum absolute atomic E-state index is 0.193. The first-order chi connectivity index (χ1) is 13.5. The molecule has 0 bridgehead atoms. The number of rotatable bonds is 9. The number of hydrogen-bond donors (Lipinski definition) is 0. The lowest BCUT2D eigenvalue weighted by molar-refractivity contribution is 0.310. The van der Waals surface area contributed by atoms with Gasteiger partial charge >= 0.3 is 0 Å². The molecule has 0 N–H and O–H groups in total. The first-order valence-electron chi connectivity index (χ1n) is 8.93. The van der Waals surface area contributed by atoms with Gasteiger partial charge in [-0.3, -0.25) is 0 Å². The number of benzene rings is 3. The summed E-state index contributed by atoms with van der Waals surface area (Å²) in [6.45, 7) is 4.43. The average Bonchev–Trinajstić information content (AvgIpc) is 2.69. The summed E-state index contributed by atoms with van der Waals surface area (Å²) in [6.07, 6.45) is 3.73. The van der Waals surface area contributed by atoms with E-state index in [0.29, 0.717) is 6.61 Å². The lowest BCUT2D eigenvalue weighted by atomic mass is 10.1. The van der Waals surface area contributed by atoms with E-state index in [0.717, 1.165) is 45.6 Å². The summed E-state index contributed by atoms with van der Waals surface area (Å²) in [5, 5.41) is 2.30. The topological polar surface area (TPSA) is 66.4 Å². The predicted molar refractivity (Wildman–Crippen MR) is 114 cm³/mol. The zero-order valence-electron chi connectivity index (χ0n) is 15.3. The summed E-state index contributed by atoms with van der Waals surface area (Å²) in [5.74, 6) is 1.76. The van der Waals surface area contributed by atoms with Gasteiger partial charge in [0.1, 0.15) is 15.9 Å². The van der Waals surface area contributed by atoms with Crippen LogP contribution in [0.2, 0.25) is 0 Å². The van der Waals surface area contributed by atoms with Crippen molar-refractivity contribution in [3.8, 4) is 5.75 Å². The fourth-order valence-electron chi connectivity index (χ4n) is 2.75. The van der Waals surface area contributed by atoms with Gasteiger partial charge in [0, 0.05) is 4.90 Å². The molecule has 0 aliphatic carbocycles. The number of unbranched alkanes of at least 4 members (excludes halogenated alkanes) is 1. The number of hydrogen-bond acceptors (Lipinski definition) is 5. The maximum atomic E-state index is 10.9. The molecule has 0 unspecified atom stereocenters. The summed E-state index contributed by atoms with van der Waals surface area (Å²) >= 11 is 1.63. The highest BCUT2D eigenvalue weighted by molar-refractivity contribution is 7.99. The summed E-state index contributed by atoms with van der Waals surface area (Å²) in [6, 6.07) is 18.3. The maximum Gasteiger partial charge on any atom is 0.124 e. The minimum atomic E-state index is -4.38. The van der Waals surface area contributed by atoms with Crippen molar-refractivity contribution in [3.05, 3.63) is 72.8 Å². The molecular formula is C22H21O4S2-. The molecule has 0 saturated heterocycles. The molecule has 3 aromatic rings. The Hall–Kier alpha value is -2.28. The van der Waals surface area contributed by atoms with Crippen LogP contribution in [-0.2, 0) is 10.1 Å². The maximum absolute atomic E-state index is 10.9. The molecule has 28 heavy (non-hydrogen) atoms. The molecule has 0 radical (unpaired) electrons. The normalized spacial score (nSPS) is 11.5. The van der Waals surface area contributed by atoms with Gasteiger partial charge in [-0.25, -0.2) is 8.42 Å². The third kappa shape index (κ3) is 5.61. The van der Waals surface area contributed by atoms with Gasteiger partial charge < -0.3 is 9.29 Å². The Morgan fingerprint density at radius 1 is 0.964 bits per heavy atom. The van der Waals surface area contributed by atoms with Gasteiger partial charge in [0.25, 0.3) is 0 Å². The summed E-state index contributed by atoms with van der Waals surface area (Å²) in [4.78, 5) is 0.753. The SMILES string of the molecule is C=Cc1ccc2cc(OCCCCSc3ccc(S(=O)(=O)[O-])cc3)ccc2c1. The smallest absolute Gasteiger partial charge is 0.124 e. The highest BCUT2D eigenvalue weighted by Gasteiger charge is 2.02. The van der Waals surface area contributed by atoms with Crippen LogP contribution in [0.25, 0.3) is 16.8 Å². The molecule has 3 aromatic carbocycles. The first-order valence-corrected chi connectivity index (χ1v) is 11.3. The van der Waals surface area contributed by atoms with Gasteiger partial charge in [-0.1, -0.05) is 30.9 Å². The van der Waals surface area contributed by atoms with E-state index in [-0.39, 0.29) is 4.90 Å². The molecule has 6 heteroatoms. The van der Waals surface area contributed by atoms with E-state index in [9.17, 15) is 13.0 Å². The standard InChI is InChI=1S/C22H22O4S2/c1-2-17-5-6-19-16-20(8-7-18(19)15-17)26-13-3-4-14-27-21-9-11-22(12-10-21)28(23,24)25/h2,5-12,15-16H,1,3-4,13-14H2,(H,23,24,25)/p-1. The third-order valence-corrected chi connectivity index (χ3v) is 6.21. The van der Waals surface area contributed by atoms with Crippen LogP contribution in [0.4, 0.5) is 0 Å². The Kier molecular flexibility index (Phi) is 6.78. The molecule has 0 saturated carbocycles. The van der Waals surface area contributed by atoms with E-state index >= 15 is 0 Å². The van der Waals surface area contributed by atoms with Crippen LogP contribution >= 0.6 is 11.8 Å². The Balaban J connectivity index is 1.41. The van der Waals surface area contributed by atoms with Gasteiger partial charge in [-0.05, 0) is 77.4 Å². The Bertz CT molecular complexity index is 1060. The van der Waals surface area contributed by atoms with Crippen LogP contribution in [0, 0.1) is 0 Å². The second-order valence-corrected chi connectivity index (χ2v) is 8.85. The number of fused-ring (bicyclic) bond motifs is 1. The number of thioether (sulfide) groups is 1. The molecule has 146 valence electrons. The van der Waals surface area contributed by atoms with Crippen molar-refractivity contribution < 1.29 is 17.7 Å². The zero-order chi connectivity index (χ0) is 20.0. The number of ether oxygens (including phenoxy) is 1. The summed E-state index contributed by atoms with van der Waals surface area (Å²) in [5.41, 5.74) is 1.10. The van der Waals surface area contributed by atoms with E-state index in [2.05, 4.69) is 24.8 Å². The quantitative estimate of drug-likeness (QED) is 0.269. The van der Waals surface area contributed by atoms with Gasteiger partial charge in [-0.15, -0.1) is 11.8 Å². The molecule has 0 heterocycles. The molecule has 0 aliphatic heterocycles. The Labute approximate surface area is 170 Å². The van der Waals surface area contributed by atoms with Crippen molar-refractivity contribution in [1.82, 2.24) is 0 Å². The average molecular weight is 414 g/mol. The van der Waals surface area contributed by atoms with Crippen LogP contribution < -0.4 is 4.74 Å². The summed E-state index contributed by atoms with van der Waals surface area (Å²) in [7, 11) is -4.38. The Morgan fingerprint density at radius 2 is 1.68 bits per heavy atom. The van der Waals surface area contributed by atoms with E-state index < -0.39 is 10.1 Å². The van der Waals surface area contributed by atoms with E-state index in [4.69, 9.17) is 4.74 Å². The van der Waals surface area contributed by atoms with Crippen LogP contribution in [0.15, 0.2) is 77.0 Å². The largest absolute Gasteiger partial charge is 0.744 e. The highest BCUT2D eigenvalue weighted by Crippen LogP contribution is 2.24. The van der Waals surface area contributed by atoms with Crippen LogP contribution in [0.3, 0.4) is 0 Å². The summed E-state index contributed by atoms with van der Waals surface area (Å²) < 4.78 is 38.6. The first kappa shape index (κ1) is 20.5.